The summed E-state index contributed by atoms with van der Waals surface area (Å²) >= 11 is 0. The number of aliphatic hydroxyl groups is 4. The van der Waals surface area contributed by atoms with E-state index in [1.54, 1.807) is 0 Å². The molecule has 0 spiro atoms. The van der Waals surface area contributed by atoms with Gasteiger partial charge in [-0.1, -0.05) is 70.3 Å². The van der Waals surface area contributed by atoms with Crippen LogP contribution in [0.15, 0.2) is 5.11 Å². The predicted molar refractivity (Wildman–Crippen MR) is 145 cm³/mol. The Morgan fingerprint density at radius 1 is 0.868 bits per heavy atom. The lowest BCUT2D eigenvalue weighted by atomic mass is 9.92. The van der Waals surface area contributed by atoms with Crippen molar-refractivity contribution in [2.75, 3.05) is 0 Å². The fourth-order valence-corrected chi connectivity index (χ4v) is 4.82. The first-order valence-corrected chi connectivity index (χ1v) is 14.3. The van der Waals surface area contributed by atoms with E-state index in [1.807, 2.05) is 13.8 Å². The lowest BCUT2D eigenvalue weighted by Crippen LogP contribution is -2.52. The number of nitrogens with two attached hydrogens (primary N) is 1. The molecule has 38 heavy (non-hydrogen) atoms. The smallest absolute Gasteiger partial charge is 0.250 e. The molecule has 0 radical (unpaired) electrons. The Morgan fingerprint density at radius 2 is 1.32 bits per heavy atom. The quantitative estimate of drug-likeness (QED) is 0.104. The van der Waals surface area contributed by atoms with E-state index in [4.69, 9.17) is 11.3 Å². The molecule has 220 valence electrons. The lowest BCUT2D eigenvalue weighted by molar-refractivity contribution is -0.133. The largest absolute Gasteiger partial charge is 0.391 e. The van der Waals surface area contributed by atoms with E-state index < -0.39 is 48.3 Å². The molecule has 8 N–H and O–H groups in total. The third-order valence-electron chi connectivity index (χ3n) is 7.37. The monoisotopic (exact) mass is 542 g/mol. The molecule has 0 aromatic rings. The molecule has 2 aliphatic rings. The number of nitrogens with one attached hydrogen (secondary N) is 2. The van der Waals surface area contributed by atoms with Crippen LogP contribution in [0.25, 0.3) is 10.4 Å². The average Bonchev–Trinajstić information content (AvgIpc) is 2.91. The summed E-state index contributed by atoms with van der Waals surface area (Å²) in [5, 5.41) is 48.2. The molecule has 8 atom stereocenters. The van der Waals surface area contributed by atoms with Gasteiger partial charge in [0.1, 0.15) is 12.2 Å². The summed E-state index contributed by atoms with van der Waals surface area (Å²) in [6.07, 6.45) is 7.83. The number of rotatable bonds is 13. The molecule has 0 heterocycles. The highest BCUT2D eigenvalue weighted by molar-refractivity contribution is 5.82. The SMILES string of the molecule is CCCC[C@H](N)[C@H](O)C(=O)N[C@H]1CCCC[C@@H]1O.CCCC[C@H](N=[N+]=[N-])[C@H](O)C(=O)N[C@H]1CCCC[C@@H]1O. The summed E-state index contributed by atoms with van der Waals surface area (Å²) in [7, 11) is 0. The van der Waals surface area contributed by atoms with Crippen LogP contribution in [-0.2, 0) is 9.59 Å². The van der Waals surface area contributed by atoms with E-state index in [0.29, 0.717) is 32.1 Å². The molecule has 12 nitrogen and oxygen atoms in total. The van der Waals surface area contributed by atoms with Crippen LogP contribution in [0.4, 0.5) is 0 Å². The molecule has 2 amide bonds. The van der Waals surface area contributed by atoms with Gasteiger partial charge in [-0.3, -0.25) is 9.59 Å². The van der Waals surface area contributed by atoms with Crippen LogP contribution in [-0.4, -0.2) is 80.8 Å². The summed E-state index contributed by atoms with van der Waals surface area (Å²) in [4.78, 5) is 26.5. The van der Waals surface area contributed by atoms with Crippen LogP contribution >= 0.6 is 0 Å². The zero-order chi connectivity index (χ0) is 28.5. The number of hydrogen-bond donors (Lipinski definition) is 7. The number of hydrogen-bond acceptors (Lipinski definition) is 8. The molecular formula is C26H50N6O6. The molecule has 0 aromatic heterocycles. The fraction of sp³-hybridized carbons (Fsp3) is 0.923. The Hall–Kier alpha value is -1.95. The van der Waals surface area contributed by atoms with Gasteiger partial charge in [0, 0.05) is 11.0 Å². The number of carbonyl (C=O) groups excluding carboxylic acids is 2. The van der Waals surface area contributed by atoms with Crippen molar-refractivity contribution in [2.24, 2.45) is 10.8 Å². The highest BCUT2D eigenvalue weighted by atomic mass is 16.3. The molecule has 0 aromatic carbocycles. The molecule has 0 saturated heterocycles. The van der Waals surface area contributed by atoms with Crippen molar-refractivity contribution in [1.29, 1.82) is 0 Å². The highest BCUT2D eigenvalue weighted by Gasteiger charge is 2.31. The third kappa shape index (κ3) is 12.3. The molecule has 0 aliphatic heterocycles. The standard InChI is InChI=1S/C13H24N4O3.C13H26N2O3/c1-2-3-6-10(16-17-14)12(19)13(20)15-9-7-4-5-8-11(9)18;1-2-3-6-9(14)12(17)13(18)15-10-7-4-5-8-11(10)16/h9-12,18-19H,2-8H2,1H3,(H,15,20);9-12,16-17H,2-8,14H2,1H3,(H,15,18)/t2*9-,10-,11-,12-/m00/s1. The van der Waals surface area contributed by atoms with E-state index in [-0.39, 0.29) is 12.1 Å². The van der Waals surface area contributed by atoms with Gasteiger partial charge in [0.2, 0.25) is 5.91 Å². The highest BCUT2D eigenvalue weighted by Crippen LogP contribution is 2.20. The van der Waals surface area contributed by atoms with Crippen molar-refractivity contribution in [3.05, 3.63) is 10.4 Å². The first kappa shape index (κ1) is 34.1. The molecule has 0 bridgehead atoms. The van der Waals surface area contributed by atoms with Crippen molar-refractivity contribution < 1.29 is 30.0 Å². The van der Waals surface area contributed by atoms with E-state index in [0.717, 1.165) is 57.8 Å². The van der Waals surface area contributed by atoms with Gasteiger partial charge in [0.05, 0.1) is 30.3 Å². The molecule has 2 saturated carbocycles. The third-order valence-corrected chi connectivity index (χ3v) is 7.37. The molecule has 2 aliphatic carbocycles. The van der Waals surface area contributed by atoms with Crippen LogP contribution in [0.5, 0.6) is 0 Å². The van der Waals surface area contributed by atoms with Gasteiger partial charge in [0.25, 0.3) is 5.91 Å². The number of amides is 2. The van der Waals surface area contributed by atoms with Gasteiger partial charge >= 0.3 is 0 Å². The van der Waals surface area contributed by atoms with Crippen LogP contribution < -0.4 is 16.4 Å². The van der Waals surface area contributed by atoms with Gasteiger partial charge in [-0.25, -0.2) is 0 Å². The Bertz CT molecular complexity index is 737. The minimum absolute atomic E-state index is 0.237. The summed E-state index contributed by atoms with van der Waals surface area (Å²) in [5.41, 5.74) is 14.3. The summed E-state index contributed by atoms with van der Waals surface area (Å²) < 4.78 is 0. The van der Waals surface area contributed by atoms with Gasteiger partial charge in [-0.2, -0.15) is 0 Å². The Labute approximate surface area is 226 Å². The second-order valence-electron chi connectivity index (χ2n) is 10.5. The van der Waals surface area contributed by atoms with Crippen molar-refractivity contribution in [3.63, 3.8) is 0 Å². The van der Waals surface area contributed by atoms with Gasteiger partial charge in [-0.15, -0.1) is 0 Å². The van der Waals surface area contributed by atoms with E-state index in [9.17, 15) is 30.0 Å². The first-order chi connectivity index (χ1) is 18.2. The Balaban J connectivity index is 0.000000382. The molecule has 2 fully saturated rings. The van der Waals surface area contributed by atoms with Crippen LogP contribution in [0.1, 0.15) is 104 Å². The topological polar surface area (TPSA) is 214 Å². The maximum absolute atomic E-state index is 12.0. The number of carbonyl (C=O) groups is 2. The maximum atomic E-state index is 12.0. The zero-order valence-electron chi connectivity index (χ0n) is 23.0. The van der Waals surface area contributed by atoms with Crippen LogP contribution in [0, 0.1) is 0 Å². The second-order valence-corrected chi connectivity index (χ2v) is 10.5. The van der Waals surface area contributed by atoms with Gasteiger partial charge in [-0.05, 0) is 44.1 Å². The molecule has 12 heteroatoms. The van der Waals surface area contributed by atoms with Crippen LogP contribution in [0.2, 0.25) is 0 Å². The van der Waals surface area contributed by atoms with Crippen LogP contribution in [0.3, 0.4) is 0 Å². The zero-order valence-corrected chi connectivity index (χ0v) is 23.0. The van der Waals surface area contributed by atoms with Crippen molar-refractivity contribution in [3.8, 4) is 0 Å². The summed E-state index contributed by atoms with van der Waals surface area (Å²) in [6, 6.07) is -1.82. The van der Waals surface area contributed by atoms with E-state index in [1.165, 1.54) is 0 Å². The molecule has 0 unspecified atom stereocenters. The van der Waals surface area contributed by atoms with E-state index in [2.05, 4.69) is 20.7 Å². The number of unbranched alkanes of at least 4 members (excludes halogenated alkanes) is 2. The number of azide groups is 1. The van der Waals surface area contributed by atoms with E-state index >= 15 is 0 Å². The summed E-state index contributed by atoms with van der Waals surface area (Å²) in [6.45, 7) is 4.02. The Kier molecular flexibility index (Phi) is 17.2. The van der Waals surface area contributed by atoms with Gasteiger partial charge < -0.3 is 36.8 Å². The maximum Gasteiger partial charge on any atom is 0.250 e. The number of aliphatic hydroxyl groups excluding tert-OH is 4. The Morgan fingerprint density at radius 3 is 1.76 bits per heavy atom. The van der Waals surface area contributed by atoms with Crippen molar-refractivity contribution >= 4 is 11.8 Å². The first-order valence-electron chi connectivity index (χ1n) is 14.3. The fourth-order valence-electron chi connectivity index (χ4n) is 4.82. The predicted octanol–water partition coefficient (Wildman–Crippen LogP) is 1.92. The minimum Gasteiger partial charge on any atom is -0.391 e. The lowest BCUT2D eigenvalue weighted by Gasteiger charge is -2.30. The van der Waals surface area contributed by atoms with Gasteiger partial charge in [0.15, 0.2) is 0 Å². The van der Waals surface area contributed by atoms with Crippen molar-refractivity contribution in [1.82, 2.24) is 10.6 Å². The number of nitrogens with zero attached hydrogens (tertiary/aromatic N) is 3. The summed E-state index contributed by atoms with van der Waals surface area (Å²) in [5.74, 6) is -1.02. The van der Waals surface area contributed by atoms with Crippen molar-refractivity contribution in [2.45, 2.75) is 152 Å². The second kappa shape index (κ2) is 19.2. The normalized spacial score (nSPS) is 26.4. The molecule has 2 rings (SSSR count). The molecular weight excluding hydrogens is 492 g/mol. The minimum atomic E-state index is -1.36. The average molecular weight is 543 g/mol.